The number of fused-ring (bicyclic) bond motifs is 2. The lowest BCUT2D eigenvalue weighted by molar-refractivity contribution is -0.143. The fourth-order valence-corrected chi connectivity index (χ4v) is 6.37. The van der Waals surface area contributed by atoms with Crippen molar-refractivity contribution >= 4 is 17.7 Å². The van der Waals surface area contributed by atoms with Gasteiger partial charge < -0.3 is 21.3 Å². The summed E-state index contributed by atoms with van der Waals surface area (Å²) >= 11 is 0. The smallest absolute Gasteiger partial charge is 0.242 e. The van der Waals surface area contributed by atoms with E-state index in [0.717, 1.165) is 36.9 Å². The van der Waals surface area contributed by atoms with Crippen LogP contribution >= 0.6 is 0 Å². The van der Waals surface area contributed by atoms with Crippen molar-refractivity contribution in [2.75, 3.05) is 19.6 Å². The number of benzene rings is 1. The number of likely N-dealkylation sites (tertiary alicyclic amines) is 1. The fraction of sp³-hybridized carbons (Fsp3) is 0.621. The second kappa shape index (κ2) is 12.3. The number of carbonyl (C=O) groups excluding carboxylic acids is 3. The molecule has 3 amide bonds. The van der Waals surface area contributed by atoms with E-state index in [1.54, 1.807) is 4.68 Å². The summed E-state index contributed by atoms with van der Waals surface area (Å²) in [6.07, 6.45) is 9.88. The largest absolute Gasteiger partial charge is 0.354 e. The minimum absolute atomic E-state index is 0.00548. The van der Waals surface area contributed by atoms with E-state index in [9.17, 15) is 14.4 Å². The minimum Gasteiger partial charge on any atom is -0.354 e. The molecule has 39 heavy (non-hydrogen) atoms. The second-order valence-electron chi connectivity index (χ2n) is 11.5. The lowest BCUT2D eigenvalue weighted by Crippen LogP contribution is -2.58. The van der Waals surface area contributed by atoms with Crippen molar-refractivity contribution in [1.29, 1.82) is 0 Å². The van der Waals surface area contributed by atoms with Crippen LogP contribution in [0.5, 0.6) is 0 Å². The summed E-state index contributed by atoms with van der Waals surface area (Å²) in [6.45, 7) is 2.03. The Hall–Kier alpha value is -3.27. The zero-order valence-electron chi connectivity index (χ0n) is 22.7. The lowest BCUT2D eigenvalue weighted by Gasteiger charge is -2.42. The number of aromatic nitrogens is 3. The highest BCUT2D eigenvalue weighted by Crippen LogP contribution is 2.36. The zero-order chi connectivity index (χ0) is 27.2. The molecule has 1 spiro atoms. The van der Waals surface area contributed by atoms with Crippen LogP contribution in [0.25, 0.3) is 0 Å². The first-order chi connectivity index (χ1) is 18.9. The first-order valence-electron chi connectivity index (χ1n) is 14.5. The van der Waals surface area contributed by atoms with Gasteiger partial charge in [-0.25, -0.2) is 0 Å². The number of amides is 3. The van der Waals surface area contributed by atoms with Gasteiger partial charge in [0, 0.05) is 45.2 Å². The van der Waals surface area contributed by atoms with Crippen LogP contribution in [0.3, 0.4) is 0 Å². The monoisotopic (exact) mass is 535 g/mol. The average Bonchev–Trinajstić information content (AvgIpc) is 3.41. The summed E-state index contributed by atoms with van der Waals surface area (Å²) in [4.78, 5) is 42.4. The van der Waals surface area contributed by atoms with Gasteiger partial charge in [-0.3, -0.25) is 19.1 Å². The number of hydrogen-bond acceptors (Lipinski definition) is 6. The van der Waals surface area contributed by atoms with Crippen LogP contribution in [-0.4, -0.2) is 69.3 Å². The van der Waals surface area contributed by atoms with Crippen LogP contribution in [0.4, 0.5) is 0 Å². The Morgan fingerprint density at radius 2 is 1.79 bits per heavy atom. The normalized spacial score (nSPS) is 23.6. The van der Waals surface area contributed by atoms with Crippen molar-refractivity contribution in [2.24, 2.45) is 17.1 Å². The maximum Gasteiger partial charge on any atom is 0.242 e. The highest BCUT2D eigenvalue weighted by atomic mass is 16.2. The summed E-state index contributed by atoms with van der Waals surface area (Å²) < 4.78 is 1.77. The summed E-state index contributed by atoms with van der Waals surface area (Å²) in [5.41, 5.74) is 7.39. The molecule has 1 aromatic heterocycles. The second-order valence-corrected chi connectivity index (χ2v) is 11.5. The van der Waals surface area contributed by atoms with Gasteiger partial charge in [0.2, 0.25) is 17.7 Å². The molecule has 1 aliphatic carbocycles. The quantitative estimate of drug-likeness (QED) is 0.544. The van der Waals surface area contributed by atoms with Crippen LogP contribution in [0.2, 0.25) is 0 Å². The number of piperidine rings is 1. The predicted octanol–water partition coefficient (Wildman–Crippen LogP) is 1.58. The first kappa shape index (κ1) is 27.3. The third kappa shape index (κ3) is 6.49. The molecular formula is C29H41N7O3. The van der Waals surface area contributed by atoms with E-state index in [-0.39, 0.29) is 23.6 Å². The first-order valence-corrected chi connectivity index (χ1v) is 14.5. The molecule has 2 fully saturated rings. The summed E-state index contributed by atoms with van der Waals surface area (Å²) in [5.74, 6) is -0.126. The summed E-state index contributed by atoms with van der Waals surface area (Å²) in [6, 6.07) is 8.56. The molecular weight excluding hydrogens is 494 g/mol. The number of nitrogens with one attached hydrogen (secondary N) is 2. The Balaban J connectivity index is 1.35. The molecule has 2 aliphatic heterocycles. The molecule has 4 N–H and O–H groups in total. The number of hydrogen-bond donors (Lipinski definition) is 3. The molecule has 1 saturated heterocycles. The predicted molar refractivity (Wildman–Crippen MR) is 146 cm³/mol. The van der Waals surface area contributed by atoms with Gasteiger partial charge in [-0.05, 0) is 43.6 Å². The number of nitrogens with zero attached hydrogens (tertiary/aromatic N) is 4. The number of nitrogens with two attached hydrogens (primary N) is 1. The molecule has 3 heterocycles. The molecule has 10 nitrogen and oxygen atoms in total. The van der Waals surface area contributed by atoms with Gasteiger partial charge in [-0.15, -0.1) is 5.10 Å². The van der Waals surface area contributed by atoms with Crippen molar-refractivity contribution in [2.45, 2.75) is 82.8 Å². The van der Waals surface area contributed by atoms with Crippen LogP contribution in [0, 0.1) is 11.3 Å². The topological polar surface area (TPSA) is 135 Å². The van der Waals surface area contributed by atoms with Crippen molar-refractivity contribution in [3.8, 4) is 0 Å². The molecule has 5 rings (SSSR count). The van der Waals surface area contributed by atoms with E-state index < -0.39 is 17.5 Å². The Bertz CT molecular complexity index is 1140. The Morgan fingerprint density at radius 1 is 1.05 bits per heavy atom. The van der Waals surface area contributed by atoms with Crippen molar-refractivity contribution in [1.82, 2.24) is 30.5 Å². The van der Waals surface area contributed by atoms with Crippen LogP contribution < -0.4 is 16.4 Å². The molecule has 0 unspecified atom stereocenters. The van der Waals surface area contributed by atoms with Crippen molar-refractivity contribution < 1.29 is 14.4 Å². The third-order valence-corrected chi connectivity index (χ3v) is 8.83. The minimum atomic E-state index is -0.796. The van der Waals surface area contributed by atoms with Crippen LogP contribution in [0.1, 0.15) is 62.6 Å². The SMILES string of the molecule is N[C@H](C(=O)N1CCC2(CC1)Cc1cn(nn1)CCCNC(=O)[C@H](Cc1ccccc1)NC2=O)C1CCCCC1. The molecule has 1 saturated carbocycles. The summed E-state index contributed by atoms with van der Waals surface area (Å²) in [5, 5.41) is 14.7. The Kier molecular flexibility index (Phi) is 8.60. The molecule has 10 heteroatoms. The maximum atomic E-state index is 14.0. The standard InChI is InChI=1S/C29H41N7O3/c30-25(22-10-5-2-6-11-22)27(38)35-16-12-29(13-17-35)19-23-20-36(34-33-23)15-7-14-31-26(37)24(32-28(29)39)18-21-8-3-1-4-9-21/h1,3-4,8-9,20,22,24-25H,2,5-7,10-19,30H2,(H,31,37)(H,32,39)/t24-,25-/m0/s1. The molecule has 2 atom stereocenters. The number of aryl methyl sites for hydroxylation is 1. The lowest BCUT2D eigenvalue weighted by atomic mass is 9.73. The molecule has 0 radical (unpaired) electrons. The Morgan fingerprint density at radius 3 is 2.54 bits per heavy atom. The van der Waals surface area contributed by atoms with Gasteiger partial charge in [0.25, 0.3) is 0 Å². The molecule has 2 bridgehead atoms. The molecule has 3 aliphatic rings. The van der Waals surface area contributed by atoms with E-state index in [1.807, 2.05) is 41.4 Å². The molecule has 2 aromatic rings. The van der Waals surface area contributed by atoms with E-state index in [2.05, 4.69) is 20.9 Å². The average molecular weight is 536 g/mol. The number of carbonyl (C=O) groups is 3. The highest BCUT2D eigenvalue weighted by Gasteiger charge is 2.45. The fourth-order valence-electron chi connectivity index (χ4n) is 6.37. The zero-order valence-corrected chi connectivity index (χ0v) is 22.7. The van der Waals surface area contributed by atoms with Gasteiger partial charge in [0.15, 0.2) is 0 Å². The van der Waals surface area contributed by atoms with Gasteiger partial charge in [-0.2, -0.15) is 0 Å². The van der Waals surface area contributed by atoms with Crippen molar-refractivity contribution in [3.63, 3.8) is 0 Å². The van der Waals surface area contributed by atoms with Gasteiger partial charge in [0.1, 0.15) is 6.04 Å². The Labute approximate surface area is 230 Å². The summed E-state index contributed by atoms with van der Waals surface area (Å²) in [7, 11) is 0. The van der Waals surface area contributed by atoms with Gasteiger partial charge >= 0.3 is 0 Å². The van der Waals surface area contributed by atoms with Gasteiger partial charge in [0.05, 0.1) is 17.2 Å². The van der Waals surface area contributed by atoms with E-state index in [0.29, 0.717) is 58.3 Å². The van der Waals surface area contributed by atoms with Crippen LogP contribution in [0.15, 0.2) is 36.5 Å². The number of rotatable bonds is 4. The van der Waals surface area contributed by atoms with E-state index >= 15 is 0 Å². The van der Waals surface area contributed by atoms with E-state index in [1.165, 1.54) is 6.42 Å². The van der Waals surface area contributed by atoms with Crippen molar-refractivity contribution in [3.05, 3.63) is 47.8 Å². The molecule has 1 aromatic carbocycles. The van der Waals surface area contributed by atoms with E-state index in [4.69, 9.17) is 5.73 Å². The maximum absolute atomic E-state index is 14.0. The third-order valence-electron chi connectivity index (χ3n) is 8.83. The van der Waals surface area contributed by atoms with Crippen LogP contribution in [-0.2, 0) is 33.8 Å². The van der Waals surface area contributed by atoms with Gasteiger partial charge in [-0.1, -0.05) is 54.8 Å². The highest BCUT2D eigenvalue weighted by molar-refractivity contribution is 5.91. The molecule has 210 valence electrons.